The van der Waals surface area contributed by atoms with Crippen LogP contribution in [0.3, 0.4) is 0 Å². The second kappa shape index (κ2) is 8.90. The Morgan fingerprint density at radius 3 is 2.82 bits per heavy atom. The predicted molar refractivity (Wildman–Crippen MR) is 73.4 cm³/mol. The Labute approximate surface area is 107 Å². The Bertz CT molecular complexity index is 185. The maximum atomic E-state index is 5.54. The van der Waals surface area contributed by atoms with Gasteiger partial charge in [0.25, 0.3) is 0 Å². The van der Waals surface area contributed by atoms with E-state index in [1.807, 2.05) is 0 Å². The number of rotatable bonds is 8. The van der Waals surface area contributed by atoms with Gasteiger partial charge in [-0.15, -0.1) is 0 Å². The summed E-state index contributed by atoms with van der Waals surface area (Å²) >= 11 is 0. The lowest BCUT2D eigenvalue weighted by Gasteiger charge is -2.32. The van der Waals surface area contributed by atoms with Gasteiger partial charge >= 0.3 is 0 Å². The van der Waals surface area contributed by atoms with Crippen LogP contribution < -0.4 is 5.32 Å². The average molecular weight is 242 g/mol. The third-order valence-electron chi connectivity index (χ3n) is 3.45. The number of nitrogens with zero attached hydrogens (tertiary/aromatic N) is 1. The van der Waals surface area contributed by atoms with Crippen LogP contribution in [-0.2, 0) is 4.74 Å². The number of hydrogen-bond donors (Lipinski definition) is 1. The van der Waals surface area contributed by atoms with E-state index < -0.39 is 0 Å². The standard InChI is InChI=1S/C14H30N2O/c1-13(2)12-17-11-9-15-8-7-14-6-4-5-10-16(14)3/h13-15H,4-12H2,1-3H3. The fraction of sp³-hybridized carbons (Fsp3) is 1.00. The molecule has 1 fully saturated rings. The summed E-state index contributed by atoms with van der Waals surface area (Å²) in [5.41, 5.74) is 0. The monoisotopic (exact) mass is 242 g/mol. The van der Waals surface area contributed by atoms with Crippen molar-refractivity contribution in [1.29, 1.82) is 0 Å². The van der Waals surface area contributed by atoms with Crippen molar-refractivity contribution in [1.82, 2.24) is 10.2 Å². The van der Waals surface area contributed by atoms with Gasteiger partial charge in [-0.2, -0.15) is 0 Å². The lowest BCUT2D eigenvalue weighted by molar-refractivity contribution is 0.111. The molecule has 1 N–H and O–H groups in total. The third-order valence-corrected chi connectivity index (χ3v) is 3.45. The van der Waals surface area contributed by atoms with Crippen molar-refractivity contribution in [3.63, 3.8) is 0 Å². The number of ether oxygens (including phenoxy) is 1. The normalized spacial score (nSPS) is 22.2. The molecule has 0 aromatic heterocycles. The van der Waals surface area contributed by atoms with Crippen LogP contribution in [0.1, 0.15) is 39.5 Å². The molecule has 1 unspecified atom stereocenters. The van der Waals surface area contributed by atoms with Gasteiger partial charge in [-0.3, -0.25) is 0 Å². The molecular formula is C14H30N2O. The van der Waals surface area contributed by atoms with Crippen LogP contribution in [0.2, 0.25) is 0 Å². The molecule has 0 amide bonds. The molecule has 0 aromatic rings. The van der Waals surface area contributed by atoms with Crippen LogP contribution >= 0.6 is 0 Å². The van der Waals surface area contributed by atoms with E-state index in [9.17, 15) is 0 Å². The molecule has 17 heavy (non-hydrogen) atoms. The molecule has 102 valence electrons. The maximum Gasteiger partial charge on any atom is 0.0591 e. The van der Waals surface area contributed by atoms with Gasteiger partial charge in [-0.25, -0.2) is 0 Å². The molecule has 3 heteroatoms. The highest BCUT2D eigenvalue weighted by molar-refractivity contribution is 4.74. The molecule has 1 aliphatic heterocycles. The van der Waals surface area contributed by atoms with Gasteiger partial charge in [-0.05, 0) is 45.3 Å². The van der Waals surface area contributed by atoms with E-state index >= 15 is 0 Å². The number of likely N-dealkylation sites (tertiary alicyclic amines) is 1. The predicted octanol–water partition coefficient (Wildman–Crippen LogP) is 2.12. The van der Waals surface area contributed by atoms with Gasteiger partial charge in [0.05, 0.1) is 6.61 Å². The van der Waals surface area contributed by atoms with Crippen LogP contribution in [0.15, 0.2) is 0 Å². The van der Waals surface area contributed by atoms with E-state index in [0.29, 0.717) is 5.92 Å². The van der Waals surface area contributed by atoms with Crippen molar-refractivity contribution in [2.45, 2.75) is 45.6 Å². The Kier molecular flexibility index (Phi) is 7.82. The first-order valence-corrected chi connectivity index (χ1v) is 7.19. The molecular weight excluding hydrogens is 212 g/mol. The molecule has 0 spiro atoms. The van der Waals surface area contributed by atoms with Gasteiger partial charge in [0, 0.05) is 19.2 Å². The summed E-state index contributed by atoms with van der Waals surface area (Å²) in [6.07, 6.45) is 5.44. The van der Waals surface area contributed by atoms with Gasteiger partial charge < -0.3 is 15.0 Å². The van der Waals surface area contributed by atoms with Crippen molar-refractivity contribution in [2.75, 3.05) is 39.9 Å². The second-order valence-corrected chi connectivity index (χ2v) is 5.64. The highest BCUT2D eigenvalue weighted by Crippen LogP contribution is 2.16. The fourth-order valence-electron chi connectivity index (χ4n) is 2.37. The van der Waals surface area contributed by atoms with Crippen molar-refractivity contribution in [2.24, 2.45) is 5.92 Å². The molecule has 1 saturated heterocycles. The van der Waals surface area contributed by atoms with Gasteiger partial charge in [0.2, 0.25) is 0 Å². The number of hydrogen-bond acceptors (Lipinski definition) is 3. The zero-order valence-electron chi connectivity index (χ0n) is 11.9. The highest BCUT2D eigenvalue weighted by Gasteiger charge is 2.17. The molecule has 1 rings (SSSR count). The molecule has 0 bridgehead atoms. The van der Waals surface area contributed by atoms with Crippen molar-refractivity contribution in [3.05, 3.63) is 0 Å². The van der Waals surface area contributed by atoms with E-state index in [2.05, 4.69) is 31.1 Å². The van der Waals surface area contributed by atoms with Crippen molar-refractivity contribution < 1.29 is 4.74 Å². The summed E-state index contributed by atoms with van der Waals surface area (Å²) in [4.78, 5) is 2.51. The van der Waals surface area contributed by atoms with Crippen molar-refractivity contribution >= 4 is 0 Å². The summed E-state index contributed by atoms with van der Waals surface area (Å²) in [5.74, 6) is 0.644. The van der Waals surface area contributed by atoms with Gasteiger partial charge in [-0.1, -0.05) is 20.3 Å². The minimum absolute atomic E-state index is 0.644. The first kappa shape index (κ1) is 14.9. The van der Waals surface area contributed by atoms with E-state index in [1.165, 1.54) is 32.2 Å². The summed E-state index contributed by atoms with van der Waals surface area (Å²) in [7, 11) is 2.26. The van der Waals surface area contributed by atoms with E-state index in [0.717, 1.165) is 32.3 Å². The Balaban J connectivity index is 1.89. The smallest absolute Gasteiger partial charge is 0.0591 e. The molecule has 0 aliphatic carbocycles. The van der Waals surface area contributed by atoms with Gasteiger partial charge in [0.15, 0.2) is 0 Å². The minimum atomic E-state index is 0.644. The Morgan fingerprint density at radius 1 is 1.29 bits per heavy atom. The third kappa shape index (κ3) is 7.02. The zero-order valence-corrected chi connectivity index (χ0v) is 11.9. The molecule has 1 aliphatic rings. The van der Waals surface area contributed by atoms with Crippen LogP contribution in [0.25, 0.3) is 0 Å². The SMILES string of the molecule is CC(C)COCCNCCC1CCCCN1C. The summed E-state index contributed by atoms with van der Waals surface area (Å²) < 4.78 is 5.54. The highest BCUT2D eigenvalue weighted by atomic mass is 16.5. The maximum absolute atomic E-state index is 5.54. The summed E-state index contributed by atoms with van der Waals surface area (Å²) in [6.45, 7) is 9.50. The second-order valence-electron chi connectivity index (χ2n) is 5.64. The van der Waals surface area contributed by atoms with Crippen LogP contribution in [-0.4, -0.2) is 50.8 Å². The zero-order chi connectivity index (χ0) is 12.5. The van der Waals surface area contributed by atoms with E-state index in [1.54, 1.807) is 0 Å². The quantitative estimate of drug-likeness (QED) is 0.660. The van der Waals surface area contributed by atoms with Crippen LogP contribution in [0, 0.1) is 5.92 Å². The number of piperidine rings is 1. The largest absolute Gasteiger partial charge is 0.380 e. The molecule has 1 atom stereocenters. The fourth-order valence-corrected chi connectivity index (χ4v) is 2.37. The Morgan fingerprint density at radius 2 is 2.12 bits per heavy atom. The van der Waals surface area contributed by atoms with Crippen molar-refractivity contribution in [3.8, 4) is 0 Å². The average Bonchev–Trinajstić information content (AvgIpc) is 2.30. The molecule has 0 saturated carbocycles. The van der Waals surface area contributed by atoms with Crippen LogP contribution in [0.4, 0.5) is 0 Å². The molecule has 0 radical (unpaired) electrons. The summed E-state index contributed by atoms with van der Waals surface area (Å²) in [5, 5.41) is 3.48. The van der Waals surface area contributed by atoms with Crippen LogP contribution in [0.5, 0.6) is 0 Å². The lowest BCUT2D eigenvalue weighted by atomic mass is 10.0. The Hall–Kier alpha value is -0.120. The lowest BCUT2D eigenvalue weighted by Crippen LogP contribution is -2.38. The molecule has 1 heterocycles. The molecule has 3 nitrogen and oxygen atoms in total. The first-order chi connectivity index (χ1) is 8.20. The molecule has 0 aromatic carbocycles. The van der Waals surface area contributed by atoms with E-state index in [4.69, 9.17) is 4.74 Å². The topological polar surface area (TPSA) is 24.5 Å². The van der Waals surface area contributed by atoms with Gasteiger partial charge in [0.1, 0.15) is 0 Å². The number of nitrogens with one attached hydrogen (secondary N) is 1. The summed E-state index contributed by atoms with van der Waals surface area (Å²) in [6, 6.07) is 0.799. The van der Waals surface area contributed by atoms with E-state index in [-0.39, 0.29) is 0 Å². The minimum Gasteiger partial charge on any atom is -0.380 e. The first-order valence-electron chi connectivity index (χ1n) is 7.19.